The Morgan fingerprint density at radius 2 is 1.39 bits per heavy atom. The van der Waals surface area contributed by atoms with Crippen molar-refractivity contribution in [1.82, 2.24) is 4.90 Å². The second-order valence-electron chi connectivity index (χ2n) is 7.01. The Morgan fingerprint density at radius 3 is 1.78 bits per heavy atom. The van der Waals surface area contributed by atoms with Crippen LogP contribution in [-0.2, 0) is 9.47 Å². The van der Waals surface area contributed by atoms with Gasteiger partial charge in [0.05, 0.1) is 13.2 Å². The molecule has 0 saturated carbocycles. The molecule has 2 aliphatic heterocycles. The van der Waals surface area contributed by atoms with Crippen LogP contribution in [0.5, 0.6) is 0 Å². The lowest BCUT2D eigenvalue weighted by atomic mass is 9.76. The van der Waals surface area contributed by atoms with Gasteiger partial charge >= 0.3 is 0 Å². The van der Waals surface area contributed by atoms with Crippen LogP contribution < -0.4 is 0 Å². The highest BCUT2D eigenvalue weighted by Crippen LogP contribution is 2.46. The highest BCUT2D eigenvalue weighted by atomic mass is 32.1. The molecule has 0 unspecified atom stereocenters. The van der Waals surface area contributed by atoms with Crippen molar-refractivity contribution in [2.24, 2.45) is 0 Å². The average molecular weight is 275 g/mol. The van der Waals surface area contributed by atoms with Gasteiger partial charge in [-0.2, -0.15) is 0 Å². The van der Waals surface area contributed by atoms with Crippen molar-refractivity contribution in [1.29, 1.82) is 0 Å². The Labute approximate surface area is 115 Å². The number of likely N-dealkylation sites (tertiary alicyclic amines) is 1. The van der Waals surface area contributed by atoms with Crippen LogP contribution in [0.25, 0.3) is 0 Å². The normalized spacial score (nSPS) is 33.5. The molecule has 0 aromatic rings. The number of aliphatic hydroxyl groups is 1. The summed E-state index contributed by atoms with van der Waals surface area (Å²) in [7, 11) is 2.14. The van der Waals surface area contributed by atoms with Crippen molar-refractivity contribution in [2.75, 3.05) is 20.3 Å². The summed E-state index contributed by atoms with van der Waals surface area (Å²) in [4.78, 5) is 1.21. The first-order chi connectivity index (χ1) is 7.98. The second-order valence-corrected chi connectivity index (χ2v) is 7.84. The molecule has 0 bridgehead atoms. The Bertz CT molecular complexity index is 311. The van der Waals surface area contributed by atoms with Gasteiger partial charge in [0.25, 0.3) is 0 Å². The van der Waals surface area contributed by atoms with Crippen molar-refractivity contribution >= 4 is 12.6 Å². The summed E-state index contributed by atoms with van der Waals surface area (Å²) in [6.07, 6.45) is 1.59. The van der Waals surface area contributed by atoms with E-state index in [0.717, 1.165) is 12.8 Å². The van der Waals surface area contributed by atoms with Gasteiger partial charge in [0.15, 0.2) is 10.7 Å². The Balaban J connectivity index is 2.21. The number of rotatable bonds is 0. The topological polar surface area (TPSA) is 41.9 Å². The number of piperidine rings is 1. The minimum absolute atomic E-state index is 0.00615. The van der Waals surface area contributed by atoms with Gasteiger partial charge in [-0.1, -0.05) is 0 Å². The van der Waals surface area contributed by atoms with Crippen LogP contribution in [0.15, 0.2) is 0 Å². The van der Waals surface area contributed by atoms with Crippen LogP contribution in [0.4, 0.5) is 0 Å². The molecule has 0 radical (unpaired) electrons. The van der Waals surface area contributed by atoms with Crippen LogP contribution in [0.3, 0.4) is 0 Å². The Kier molecular flexibility index (Phi) is 3.32. The van der Waals surface area contributed by atoms with E-state index in [0.29, 0.717) is 0 Å². The van der Waals surface area contributed by atoms with Gasteiger partial charge in [-0.25, -0.2) is 0 Å². The van der Waals surface area contributed by atoms with Crippen molar-refractivity contribution in [3.63, 3.8) is 0 Å². The third-order valence-corrected chi connectivity index (χ3v) is 4.61. The number of thiol groups is 1. The summed E-state index contributed by atoms with van der Waals surface area (Å²) in [5.74, 6) is -0.589. The molecule has 0 aromatic carbocycles. The number of hydrogen-bond donors (Lipinski definition) is 2. The molecule has 5 heteroatoms. The largest absolute Gasteiger partial charge is 0.375 e. The van der Waals surface area contributed by atoms with Crippen LogP contribution in [-0.4, -0.2) is 52.1 Å². The van der Waals surface area contributed by atoms with Crippen LogP contribution in [0, 0.1) is 0 Å². The highest BCUT2D eigenvalue weighted by Gasteiger charge is 2.55. The monoisotopic (exact) mass is 275 g/mol. The SMILES string of the molecule is CN1C(C)(C)CC2(CC1(C)C)OCC(O)(S)CO2. The van der Waals surface area contributed by atoms with Crippen molar-refractivity contribution < 1.29 is 14.6 Å². The summed E-state index contributed by atoms with van der Waals surface area (Å²) in [6.45, 7) is 9.22. The smallest absolute Gasteiger partial charge is 0.172 e. The summed E-state index contributed by atoms with van der Waals surface area (Å²) in [6, 6.07) is 0. The summed E-state index contributed by atoms with van der Waals surface area (Å²) in [5.41, 5.74) is -0.0123. The Hall–Kier alpha value is 0.190. The minimum Gasteiger partial charge on any atom is -0.375 e. The third kappa shape index (κ3) is 2.56. The Morgan fingerprint density at radius 1 is 1.00 bits per heavy atom. The van der Waals surface area contributed by atoms with Gasteiger partial charge in [0.1, 0.15) is 0 Å². The molecule has 2 rings (SSSR count). The summed E-state index contributed by atoms with van der Waals surface area (Å²) in [5, 5.41) is 9.80. The molecule has 1 N–H and O–H groups in total. The molecule has 106 valence electrons. The molecule has 2 saturated heterocycles. The van der Waals surface area contributed by atoms with E-state index < -0.39 is 10.7 Å². The zero-order chi connectivity index (χ0) is 13.8. The molecule has 4 nitrogen and oxygen atoms in total. The predicted octanol–water partition coefficient (Wildman–Crippen LogP) is 1.63. The molecule has 18 heavy (non-hydrogen) atoms. The highest BCUT2D eigenvalue weighted by molar-refractivity contribution is 7.81. The molecular formula is C13H25NO3S. The van der Waals surface area contributed by atoms with Crippen LogP contribution in [0.2, 0.25) is 0 Å². The first-order valence-electron chi connectivity index (χ1n) is 6.45. The van der Waals surface area contributed by atoms with E-state index in [1.807, 2.05) is 0 Å². The van der Waals surface area contributed by atoms with E-state index in [9.17, 15) is 5.11 Å². The molecule has 0 aromatic heterocycles. The van der Waals surface area contributed by atoms with E-state index in [2.05, 4.69) is 52.3 Å². The zero-order valence-corrected chi connectivity index (χ0v) is 12.9. The number of ether oxygens (including phenoxy) is 2. The maximum atomic E-state index is 9.80. The predicted molar refractivity (Wildman–Crippen MR) is 73.7 cm³/mol. The van der Waals surface area contributed by atoms with Gasteiger partial charge in [0, 0.05) is 23.9 Å². The lowest BCUT2D eigenvalue weighted by molar-refractivity contribution is -0.336. The fraction of sp³-hybridized carbons (Fsp3) is 1.00. The van der Waals surface area contributed by atoms with E-state index in [1.165, 1.54) is 0 Å². The van der Waals surface area contributed by atoms with E-state index in [1.54, 1.807) is 0 Å². The van der Waals surface area contributed by atoms with Gasteiger partial charge in [0.2, 0.25) is 0 Å². The fourth-order valence-corrected chi connectivity index (χ4v) is 3.35. The molecule has 2 aliphatic rings. The summed E-state index contributed by atoms with van der Waals surface area (Å²) >= 11 is 4.12. The molecule has 2 heterocycles. The molecular weight excluding hydrogens is 250 g/mol. The van der Waals surface area contributed by atoms with Crippen LogP contribution >= 0.6 is 12.6 Å². The fourth-order valence-electron chi connectivity index (χ4n) is 3.22. The quantitative estimate of drug-likeness (QED) is 0.521. The van der Waals surface area contributed by atoms with E-state index in [4.69, 9.17) is 9.47 Å². The number of nitrogens with zero attached hydrogens (tertiary/aromatic N) is 1. The van der Waals surface area contributed by atoms with Crippen molar-refractivity contribution in [3.05, 3.63) is 0 Å². The maximum absolute atomic E-state index is 9.80. The van der Waals surface area contributed by atoms with Gasteiger partial charge in [-0.3, -0.25) is 4.90 Å². The average Bonchev–Trinajstić information content (AvgIpc) is 2.19. The van der Waals surface area contributed by atoms with Crippen molar-refractivity contribution in [2.45, 2.75) is 62.3 Å². The van der Waals surface area contributed by atoms with Crippen LogP contribution in [0.1, 0.15) is 40.5 Å². The molecule has 0 atom stereocenters. The lowest BCUT2D eigenvalue weighted by Gasteiger charge is -2.59. The third-order valence-electron chi connectivity index (χ3n) is 4.35. The zero-order valence-electron chi connectivity index (χ0n) is 12.0. The number of hydrogen-bond acceptors (Lipinski definition) is 5. The van der Waals surface area contributed by atoms with Crippen molar-refractivity contribution in [3.8, 4) is 0 Å². The molecule has 0 amide bonds. The van der Waals surface area contributed by atoms with Gasteiger partial charge in [-0.15, -0.1) is 12.6 Å². The first-order valence-corrected chi connectivity index (χ1v) is 6.90. The molecule has 1 spiro atoms. The second kappa shape index (κ2) is 4.09. The summed E-state index contributed by atoms with van der Waals surface area (Å²) < 4.78 is 11.7. The molecule has 2 fully saturated rings. The standard InChI is InChI=1S/C13H25NO3S/c1-10(2)6-13(7-11(3,4)14(10)5)16-8-12(15,18)9-17-13/h15,18H,6-9H2,1-5H3. The van der Waals surface area contributed by atoms with E-state index >= 15 is 0 Å². The first kappa shape index (κ1) is 14.6. The van der Waals surface area contributed by atoms with E-state index in [-0.39, 0.29) is 24.3 Å². The van der Waals surface area contributed by atoms with Gasteiger partial charge in [-0.05, 0) is 34.7 Å². The minimum atomic E-state index is -1.16. The lowest BCUT2D eigenvalue weighted by Crippen LogP contribution is -2.67. The van der Waals surface area contributed by atoms with Gasteiger partial charge < -0.3 is 14.6 Å². The maximum Gasteiger partial charge on any atom is 0.172 e. The molecule has 0 aliphatic carbocycles.